The Bertz CT molecular complexity index is 489. The van der Waals surface area contributed by atoms with Crippen molar-refractivity contribution < 1.29 is 19.2 Å². The lowest BCUT2D eigenvalue weighted by Crippen LogP contribution is -2.43. The molecular weight excluding hydrogens is 254 g/mol. The van der Waals surface area contributed by atoms with Gasteiger partial charge >= 0.3 is 0 Å². The summed E-state index contributed by atoms with van der Waals surface area (Å²) in [5, 5.41) is 10.7. The quantitative estimate of drug-likeness (QED) is 0.592. The van der Waals surface area contributed by atoms with Crippen LogP contribution in [0.4, 0.5) is 5.69 Å². The third kappa shape index (κ3) is 4.36. The van der Waals surface area contributed by atoms with Crippen molar-refractivity contribution in [1.29, 1.82) is 0 Å². The molecule has 2 amide bonds. The number of para-hydroxylation sites is 1. The molecule has 0 fully saturated rings. The second-order valence-corrected chi connectivity index (χ2v) is 3.41. The highest BCUT2D eigenvalue weighted by Crippen LogP contribution is 2.16. The van der Waals surface area contributed by atoms with Crippen molar-refractivity contribution in [2.24, 2.45) is 0 Å². The van der Waals surface area contributed by atoms with Crippen molar-refractivity contribution in [3.05, 3.63) is 39.9 Å². The highest BCUT2D eigenvalue weighted by atomic mass is 16.6. The minimum Gasteiger partial charge on any atom is -0.372 e. The number of hydrogen-bond donors (Lipinski definition) is 2. The van der Waals surface area contributed by atoms with Crippen LogP contribution in [0, 0.1) is 10.1 Å². The van der Waals surface area contributed by atoms with Crippen LogP contribution in [0.25, 0.3) is 0 Å². The molecule has 0 aliphatic heterocycles. The maximum absolute atomic E-state index is 11.7. The SMILES string of the molecule is CCOCC(=O)NNC(=O)c1ccccc1[N+](=O)[O-]. The van der Waals surface area contributed by atoms with E-state index in [0.717, 1.165) is 0 Å². The molecule has 0 aromatic heterocycles. The number of nitrogens with zero attached hydrogens (tertiary/aromatic N) is 1. The number of rotatable bonds is 5. The van der Waals surface area contributed by atoms with Crippen LogP contribution in [0.2, 0.25) is 0 Å². The molecule has 0 heterocycles. The molecule has 0 saturated carbocycles. The number of nitro benzene ring substituents is 1. The molecule has 8 heteroatoms. The summed E-state index contributed by atoms with van der Waals surface area (Å²) in [7, 11) is 0. The van der Waals surface area contributed by atoms with Crippen LogP contribution in [0.5, 0.6) is 0 Å². The van der Waals surface area contributed by atoms with E-state index in [0.29, 0.717) is 6.61 Å². The Morgan fingerprint density at radius 2 is 2.00 bits per heavy atom. The zero-order valence-corrected chi connectivity index (χ0v) is 10.2. The number of nitrogens with one attached hydrogen (secondary N) is 2. The average molecular weight is 267 g/mol. The lowest BCUT2D eigenvalue weighted by Gasteiger charge is -2.07. The number of amides is 2. The summed E-state index contributed by atoms with van der Waals surface area (Å²) in [6, 6.07) is 5.44. The van der Waals surface area contributed by atoms with Gasteiger partial charge in [-0.2, -0.15) is 0 Å². The standard InChI is InChI=1S/C11H13N3O5/c1-2-19-7-10(15)12-13-11(16)8-5-3-4-6-9(8)14(17)18/h3-6H,2,7H2,1H3,(H,12,15)(H,13,16). The van der Waals surface area contributed by atoms with Gasteiger partial charge in [-0.25, -0.2) is 0 Å². The Hall–Kier alpha value is -2.48. The highest BCUT2D eigenvalue weighted by molar-refractivity contribution is 5.98. The van der Waals surface area contributed by atoms with Gasteiger partial charge in [-0.15, -0.1) is 0 Å². The van der Waals surface area contributed by atoms with Crippen LogP contribution in [-0.2, 0) is 9.53 Å². The van der Waals surface area contributed by atoms with Crippen molar-refractivity contribution >= 4 is 17.5 Å². The molecule has 0 aliphatic carbocycles. The number of ether oxygens (including phenoxy) is 1. The van der Waals surface area contributed by atoms with E-state index >= 15 is 0 Å². The zero-order valence-electron chi connectivity index (χ0n) is 10.2. The Balaban J connectivity index is 2.64. The summed E-state index contributed by atoms with van der Waals surface area (Å²) in [5.41, 5.74) is 3.71. The first-order valence-electron chi connectivity index (χ1n) is 5.46. The number of carbonyl (C=O) groups is 2. The summed E-state index contributed by atoms with van der Waals surface area (Å²) >= 11 is 0. The number of nitro groups is 1. The van der Waals surface area contributed by atoms with Gasteiger partial charge in [0, 0.05) is 12.7 Å². The summed E-state index contributed by atoms with van der Waals surface area (Å²) in [4.78, 5) is 32.9. The van der Waals surface area contributed by atoms with Crippen molar-refractivity contribution in [2.45, 2.75) is 6.92 Å². The summed E-state index contributed by atoms with van der Waals surface area (Å²) < 4.78 is 4.82. The minimum absolute atomic E-state index is 0.135. The van der Waals surface area contributed by atoms with Crippen LogP contribution in [0.3, 0.4) is 0 Å². The van der Waals surface area contributed by atoms with E-state index in [9.17, 15) is 19.7 Å². The second kappa shape index (κ2) is 7.07. The predicted octanol–water partition coefficient (Wildman–Crippen LogP) is 0.392. The van der Waals surface area contributed by atoms with Gasteiger partial charge in [-0.05, 0) is 13.0 Å². The van der Waals surface area contributed by atoms with Gasteiger partial charge in [-0.1, -0.05) is 12.1 Å². The molecule has 0 spiro atoms. The first kappa shape index (κ1) is 14.6. The van der Waals surface area contributed by atoms with Gasteiger partial charge in [0.15, 0.2) is 0 Å². The van der Waals surface area contributed by atoms with E-state index in [4.69, 9.17) is 4.74 Å². The molecule has 2 N–H and O–H groups in total. The molecule has 0 unspecified atom stereocenters. The van der Waals surface area contributed by atoms with Crippen molar-refractivity contribution in [2.75, 3.05) is 13.2 Å². The number of carbonyl (C=O) groups excluding carboxylic acids is 2. The van der Waals surface area contributed by atoms with E-state index in [1.54, 1.807) is 6.92 Å². The minimum atomic E-state index is -0.767. The summed E-state index contributed by atoms with van der Waals surface area (Å²) in [6.45, 7) is 1.89. The van der Waals surface area contributed by atoms with E-state index < -0.39 is 16.7 Å². The fraction of sp³-hybridized carbons (Fsp3) is 0.273. The highest BCUT2D eigenvalue weighted by Gasteiger charge is 2.19. The fourth-order valence-electron chi connectivity index (χ4n) is 1.25. The van der Waals surface area contributed by atoms with E-state index in [1.807, 2.05) is 0 Å². The van der Waals surface area contributed by atoms with Gasteiger partial charge < -0.3 is 4.74 Å². The first-order chi connectivity index (χ1) is 9.06. The molecule has 102 valence electrons. The fourth-order valence-corrected chi connectivity index (χ4v) is 1.25. The topological polar surface area (TPSA) is 111 Å². The largest absolute Gasteiger partial charge is 0.372 e. The van der Waals surface area contributed by atoms with Gasteiger partial charge in [0.05, 0.1) is 4.92 Å². The molecule has 0 aliphatic rings. The van der Waals surface area contributed by atoms with Crippen molar-refractivity contribution in [1.82, 2.24) is 10.9 Å². The molecule has 1 rings (SSSR count). The zero-order chi connectivity index (χ0) is 14.3. The van der Waals surface area contributed by atoms with Gasteiger partial charge in [0.25, 0.3) is 17.5 Å². The molecular formula is C11H13N3O5. The van der Waals surface area contributed by atoms with E-state index in [2.05, 4.69) is 10.9 Å². The Labute approximate surface area is 108 Å². The van der Waals surface area contributed by atoms with Gasteiger partial charge in [0.1, 0.15) is 12.2 Å². The number of benzene rings is 1. The normalized spacial score (nSPS) is 9.74. The molecule has 19 heavy (non-hydrogen) atoms. The van der Waals surface area contributed by atoms with Gasteiger partial charge in [-0.3, -0.25) is 30.6 Å². The maximum Gasteiger partial charge on any atom is 0.282 e. The molecule has 1 aromatic carbocycles. The second-order valence-electron chi connectivity index (χ2n) is 3.41. The van der Waals surface area contributed by atoms with Crippen LogP contribution in [0.15, 0.2) is 24.3 Å². The number of hydrogen-bond acceptors (Lipinski definition) is 5. The molecule has 1 aromatic rings. The van der Waals surface area contributed by atoms with Gasteiger partial charge in [0.2, 0.25) is 0 Å². The number of hydrazine groups is 1. The Morgan fingerprint density at radius 1 is 1.32 bits per heavy atom. The smallest absolute Gasteiger partial charge is 0.282 e. The lowest BCUT2D eigenvalue weighted by molar-refractivity contribution is -0.385. The summed E-state index contributed by atoms with van der Waals surface area (Å²) in [6.07, 6.45) is 0. The molecule has 0 bridgehead atoms. The molecule has 0 saturated heterocycles. The maximum atomic E-state index is 11.7. The average Bonchev–Trinajstić information content (AvgIpc) is 2.42. The monoisotopic (exact) mass is 267 g/mol. The van der Waals surface area contributed by atoms with E-state index in [1.165, 1.54) is 24.3 Å². The molecule has 0 radical (unpaired) electrons. The van der Waals surface area contributed by atoms with Crippen LogP contribution < -0.4 is 10.9 Å². The Morgan fingerprint density at radius 3 is 2.63 bits per heavy atom. The van der Waals surface area contributed by atoms with Crippen molar-refractivity contribution in [3.63, 3.8) is 0 Å². The van der Waals surface area contributed by atoms with Crippen LogP contribution in [0.1, 0.15) is 17.3 Å². The predicted molar refractivity (Wildman–Crippen MR) is 65.2 cm³/mol. The molecule has 8 nitrogen and oxygen atoms in total. The molecule has 0 atom stereocenters. The summed E-state index contributed by atoms with van der Waals surface area (Å²) in [5.74, 6) is -1.31. The third-order valence-corrected chi connectivity index (χ3v) is 2.10. The first-order valence-corrected chi connectivity index (χ1v) is 5.46. The van der Waals surface area contributed by atoms with E-state index in [-0.39, 0.29) is 17.9 Å². The van der Waals surface area contributed by atoms with Crippen molar-refractivity contribution in [3.8, 4) is 0 Å². The Kier molecular flexibility index (Phi) is 5.42. The van der Waals surface area contributed by atoms with Crippen LogP contribution >= 0.6 is 0 Å². The third-order valence-electron chi connectivity index (χ3n) is 2.10. The van der Waals surface area contributed by atoms with Crippen LogP contribution in [-0.4, -0.2) is 30.0 Å². The lowest BCUT2D eigenvalue weighted by atomic mass is 10.2.